The first-order valence-corrected chi connectivity index (χ1v) is 7.62. The predicted octanol–water partition coefficient (Wildman–Crippen LogP) is 3.15. The summed E-state index contributed by atoms with van der Waals surface area (Å²) in [5.74, 6) is -0.890. The number of hydrogen-bond acceptors (Lipinski definition) is 3. The molecule has 120 valence electrons. The molecule has 0 spiro atoms. The highest BCUT2D eigenvalue weighted by molar-refractivity contribution is 6.31. The van der Waals surface area contributed by atoms with Gasteiger partial charge < -0.3 is 10.1 Å². The Morgan fingerprint density at radius 2 is 1.74 bits per heavy atom. The molecule has 1 atom stereocenters. The van der Waals surface area contributed by atoms with E-state index >= 15 is 0 Å². The molecule has 1 unspecified atom stereocenters. The summed E-state index contributed by atoms with van der Waals surface area (Å²) in [6.45, 7) is -0.140. The number of amides is 1. The van der Waals surface area contributed by atoms with Crippen molar-refractivity contribution in [3.8, 4) is 0 Å². The third-order valence-corrected chi connectivity index (χ3v) is 3.87. The van der Waals surface area contributed by atoms with Gasteiger partial charge in [0, 0.05) is 17.4 Å². The van der Waals surface area contributed by atoms with Crippen molar-refractivity contribution >= 4 is 23.5 Å². The number of hydrogen-bond donors (Lipinski definition) is 1. The maximum Gasteiger partial charge on any atom is 0.325 e. The van der Waals surface area contributed by atoms with Gasteiger partial charge >= 0.3 is 5.97 Å². The maximum absolute atomic E-state index is 12.2. The first kappa shape index (κ1) is 17.0. The van der Waals surface area contributed by atoms with Crippen molar-refractivity contribution in [2.75, 3.05) is 13.7 Å². The molecular formula is C18H18ClNO3. The van der Waals surface area contributed by atoms with E-state index in [1.165, 1.54) is 7.11 Å². The van der Waals surface area contributed by atoms with Gasteiger partial charge in [-0.1, -0.05) is 60.1 Å². The van der Waals surface area contributed by atoms with E-state index in [2.05, 4.69) is 10.1 Å². The zero-order chi connectivity index (χ0) is 16.7. The van der Waals surface area contributed by atoms with Crippen LogP contribution in [0.25, 0.3) is 0 Å². The van der Waals surface area contributed by atoms with Gasteiger partial charge in [0.25, 0.3) is 0 Å². The molecule has 0 saturated carbocycles. The number of ether oxygens (including phenoxy) is 1. The topological polar surface area (TPSA) is 55.4 Å². The van der Waals surface area contributed by atoms with Crippen LogP contribution in [-0.2, 0) is 14.3 Å². The predicted molar refractivity (Wildman–Crippen MR) is 89.4 cm³/mol. The van der Waals surface area contributed by atoms with Crippen molar-refractivity contribution < 1.29 is 14.3 Å². The first-order valence-electron chi connectivity index (χ1n) is 7.24. The van der Waals surface area contributed by atoms with Gasteiger partial charge in [-0.15, -0.1) is 0 Å². The molecule has 2 aromatic carbocycles. The maximum atomic E-state index is 12.2. The Kier molecular flexibility index (Phi) is 6.18. The molecule has 2 aromatic rings. The molecule has 0 aliphatic rings. The summed E-state index contributed by atoms with van der Waals surface area (Å²) < 4.78 is 4.52. The summed E-state index contributed by atoms with van der Waals surface area (Å²) in [5, 5.41) is 3.18. The van der Waals surface area contributed by atoms with Crippen molar-refractivity contribution in [2.45, 2.75) is 12.3 Å². The third kappa shape index (κ3) is 4.83. The number of methoxy groups -OCH3 is 1. The fourth-order valence-corrected chi connectivity index (χ4v) is 2.62. The van der Waals surface area contributed by atoms with Crippen LogP contribution in [0.15, 0.2) is 54.6 Å². The van der Waals surface area contributed by atoms with E-state index in [9.17, 15) is 9.59 Å². The van der Waals surface area contributed by atoms with E-state index in [1.807, 2.05) is 48.5 Å². The average Bonchev–Trinajstić information content (AvgIpc) is 2.59. The smallest absolute Gasteiger partial charge is 0.325 e. The van der Waals surface area contributed by atoms with Crippen molar-refractivity contribution in [1.82, 2.24) is 5.32 Å². The highest BCUT2D eigenvalue weighted by atomic mass is 35.5. The van der Waals surface area contributed by atoms with Gasteiger partial charge in [-0.2, -0.15) is 0 Å². The Balaban J connectivity index is 2.20. The van der Waals surface area contributed by atoms with Gasteiger partial charge in [0.15, 0.2) is 0 Å². The van der Waals surface area contributed by atoms with Crippen LogP contribution in [0.2, 0.25) is 5.02 Å². The summed E-state index contributed by atoms with van der Waals surface area (Å²) in [5.41, 5.74) is 1.88. The van der Waals surface area contributed by atoms with E-state index in [0.717, 1.165) is 11.1 Å². The second-order valence-electron chi connectivity index (χ2n) is 5.04. The molecule has 2 rings (SSSR count). The number of rotatable bonds is 6. The van der Waals surface area contributed by atoms with E-state index in [-0.39, 0.29) is 24.8 Å². The molecule has 0 aliphatic carbocycles. The summed E-state index contributed by atoms with van der Waals surface area (Å²) in [6.07, 6.45) is 0.199. The molecule has 0 bridgehead atoms. The van der Waals surface area contributed by atoms with Gasteiger partial charge in [-0.3, -0.25) is 9.59 Å². The monoisotopic (exact) mass is 331 g/mol. The van der Waals surface area contributed by atoms with Gasteiger partial charge in [0.2, 0.25) is 5.91 Å². The molecule has 1 amide bonds. The Bertz CT molecular complexity index is 673. The molecule has 1 N–H and O–H groups in total. The SMILES string of the molecule is COC(=O)CNC(=O)CC(c1ccccc1)c1ccccc1Cl. The minimum Gasteiger partial charge on any atom is -0.468 e. The quantitative estimate of drug-likeness (QED) is 0.827. The minimum atomic E-state index is -0.479. The lowest BCUT2D eigenvalue weighted by Crippen LogP contribution is -2.31. The Hall–Kier alpha value is -2.33. The normalized spacial score (nSPS) is 11.6. The van der Waals surface area contributed by atoms with Crippen LogP contribution < -0.4 is 5.32 Å². The molecule has 0 heterocycles. The van der Waals surface area contributed by atoms with Crippen molar-refractivity contribution in [3.63, 3.8) is 0 Å². The third-order valence-electron chi connectivity index (χ3n) is 3.53. The fourth-order valence-electron chi connectivity index (χ4n) is 2.35. The van der Waals surface area contributed by atoms with Crippen molar-refractivity contribution in [2.24, 2.45) is 0 Å². The second-order valence-corrected chi connectivity index (χ2v) is 5.45. The van der Waals surface area contributed by atoms with Gasteiger partial charge in [0.05, 0.1) is 7.11 Å². The highest BCUT2D eigenvalue weighted by Crippen LogP contribution is 2.32. The van der Waals surface area contributed by atoms with Crippen molar-refractivity contribution in [3.05, 3.63) is 70.7 Å². The van der Waals surface area contributed by atoms with Gasteiger partial charge in [-0.25, -0.2) is 0 Å². The van der Waals surface area contributed by atoms with Gasteiger partial charge in [0.1, 0.15) is 6.54 Å². The minimum absolute atomic E-state index is 0.140. The Labute approximate surface area is 140 Å². The standard InChI is InChI=1S/C18H18ClNO3/c1-23-18(22)12-20-17(21)11-15(13-7-3-2-4-8-13)14-9-5-6-10-16(14)19/h2-10,15H,11-12H2,1H3,(H,20,21). The Morgan fingerprint density at radius 3 is 2.39 bits per heavy atom. The summed E-state index contributed by atoms with van der Waals surface area (Å²) in [6, 6.07) is 17.1. The van der Waals surface area contributed by atoms with Crippen LogP contribution in [0.1, 0.15) is 23.5 Å². The highest BCUT2D eigenvalue weighted by Gasteiger charge is 2.20. The second kappa shape index (κ2) is 8.34. The number of nitrogens with one attached hydrogen (secondary N) is 1. The number of esters is 1. The van der Waals surface area contributed by atoms with Crippen LogP contribution in [0.4, 0.5) is 0 Å². The van der Waals surface area contributed by atoms with Crippen LogP contribution >= 0.6 is 11.6 Å². The molecule has 0 fully saturated rings. The molecule has 0 aliphatic heterocycles. The van der Waals surface area contributed by atoms with Crippen molar-refractivity contribution in [1.29, 1.82) is 0 Å². The number of carbonyl (C=O) groups excluding carboxylic acids is 2. The lowest BCUT2D eigenvalue weighted by Gasteiger charge is -2.19. The zero-order valence-electron chi connectivity index (χ0n) is 12.8. The lowest BCUT2D eigenvalue weighted by molar-refractivity contribution is -0.141. The van der Waals surface area contributed by atoms with Crippen LogP contribution in [0.3, 0.4) is 0 Å². The van der Waals surface area contributed by atoms with Crippen LogP contribution in [-0.4, -0.2) is 25.5 Å². The van der Waals surface area contributed by atoms with Gasteiger partial charge in [-0.05, 0) is 17.2 Å². The molecule has 4 nitrogen and oxygen atoms in total. The van der Waals surface area contributed by atoms with Crippen LogP contribution in [0.5, 0.6) is 0 Å². The summed E-state index contributed by atoms with van der Waals surface area (Å²) in [7, 11) is 1.28. The number of benzene rings is 2. The fraction of sp³-hybridized carbons (Fsp3) is 0.222. The molecule has 0 radical (unpaired) electrons. The largest absolute Gasteiger partial charge is 0.468 e. The summed E-state index contributed by atoms with van der Waals surface area (Å²) >= 11 is 6.30. The molecule has 5 heteroatoms. The van der Waals surface area contributed by atoms with Crippen LogP contribution in [0, 0.1) is 0 Å². The van der Waals surface area contributed by atoms with E-state index < -0.39 is 5.97 Å². The molecule has 0 aromatic heterocycles. The number of halogens is 1. The molecular weight excluding hydrogens is 314 g/mol. The van der Waals surface area contributed by atoms with E-state index in [1.54, 1.807) is 6.07 Å². The zero-order valence-corrected chi connectivity index (χ0v) is 13.5. The average molecular weight is 332 g/mol. The number of carbonyl (C=O) groups is 2. The molecule has 23 heavy (non-hydrogen) atoms. The summed E-state index contributed by atoms with van der Waals surface area (Å²) in [4.78, 5) is 23.3. The Morgan fingerprint density at radius 1 is 1.09 bits per heavy atom. The lowest BCUT2D eigenvalue weighted by atomic mass is 9.88. The van der Waals surface area contributed by atoms with E-state index in [4.69, 9.17) is 11.6 Å². The molecule has 0 saturated heterocycles. The first-order chi connectivity index (χ1) is 11.1. The van der Waals surface area contributed by atoms with E-state index in [0.29, 0.717) is 5.02 Å².